The van der Waals surface area contributed by atoms with Crippen LogP contribution in [0.25, 0.3) is 10.8 Å². The monoisotopic (exact) mass is 330 g/mol. The van der Waals surface area contributed by atoms with Gasteiger partial charge in [0.05, 0.1) is 5.54 Å². The third kappa shape index (κ3) is 4.46. The molecule has 0 heterocycles. The first kappa shape index (κ1) is 18.2. The summed E-state index contributed by atoms with van der Waals surface area (Å²) < 4.78 is 5.77. The molecule has 2 rings (SSSR count). The Morgan fingerprint density at radius 3 is 2.58 bits per heavy atom. The summed E-state index contributed by atoms with van der Waals surface area (Å²) in [4.78, 5) is 13.6. The van der Waals surface area contributed by atoms with E-state index in [1.165, 1.54) is 4.90 Å². The van der Waals surface area contributed by atoms with Gasteiger partial charge in [0.15, 0.2) is 0 Å². The van der Waals surface area contributed by atoms with E-state index in [-0.39, 0.29) is 19.1 Å². The maximum Gasteiger partial charge on any atom is 0.241 e. The third-order valence-corrected chi connectivity index (χ3v) is 3.90. The van der Waals surface area contributed by atoms with E-state index >= 15 is 0 Å². The van der Waals surface area contributed by atoms with E-state index in [1.807, 2.05) is 42.5 Å². The predicted molar refractivity (Wildman–Crippen MR) is 96.2 cm³/mol. The summed E-state index contributed by atoms with van der Waals surface area (Å²) >= 11 is 0. The quantitative estimate of drug-likeness (QED) is 0.815. The summed E-state index contributed by atoms with van der Waals surface area (Å²) in [6.07, 6.45) is -0.710. The van der Waals surface area contributed by atoms with Gasteiger partial charge in [-0.2, -0.15) is 0 Å². The van der Waals surface area contributed by atoms with Crippen molar-refractivity contribution in [3.63, 3.8) is 0 Å². The average Bonchev–Trinajstić information content (AvgIpc) is 2.57. The van der Waals surface area contributed by atoms with Crippen LogP contribution in [0.5, 0.6) is 5.75 Å². The van der Waals surface area contributed by atoms with Gasteiger partial charge in [-0.05, 0) is 25.3 Å². The molecule has 5 heteroatoms. The number of rotatable bonds is 7. The second kappa shape index (κ2) is 7.64. The van der Waals surface area contributed by atoms with Crippen molar-refractivity contribution < 1.29 is 14.6 Å². The summed E-state index contributed by atoms with van der Waals surface area (Å²) in [5.41, 5.74) is -0.732. The van der Waals surface area contributed by atoms with Gasteiger partial charge in [-0.1, -0.05) is 36.4 Å². The fourth-order valence-electron chi connectivity index (χ4n) is 2.57. The predicted octanol–water partition coefficient (Wildman–Crippen LogP) is 2.04. The number of β-amino-alcohol motifs (C(OH)–C–C–N with tert-alkyl or cyclic N) is 1. The molecule has 1 amide bonds. The summed E-state index contributed by atoms with van der Waals surface area (Å²) in [5, 5.41) is 15.4. The number of carbonyl (C=O) groups is 1. The van der Waals surface area contributed by atoms with Gasteiger partial charge < -0.3 is 20.1 Å². The fraction of sp³-hybridized carbons (Fsp3) is 0.421. The lowest BCUT2D eigenvalue weighted by atomic mass is 10.0. The molecular weight excluding hydrogens is 304 g/mol. The highest BCUT2D eigenvalue weighted by Gasteiger charge is 2.29. The molecule has 2 N–H and O–H groups in total. The van der Waals surface area contributed by atoms with Crippen LogP contribution in [0.3, 0.4) is 0 Å². The second-order valence-electron chi connectivity index (χ2n) is 6.65. The Balaban J connectivity index is 1.91. The van der Waals surface area contributed by atoms with Crippen molar-refractivity contribution >= 4 is 16.7 Å². The number of nitrogens with zero attached hydrogens (tertiary/aromatic N) is 1. The van der Waals surface area contributed by atoms with E-state index in [0.717, 1.165) is 16.5 Å². The maximum absolute atomic E-state index is 12.1. The minimum absolute atomic E-state index is 0.0373. The van der Waals surface area contributed by atoms with Gasteiger partial charge in [-0.3, -0.25) is 4.79 Å². The van der Waals surface area contributed by atoms with Crippen LogP contribution in [0.4, 0.5) is 0 Å². The van der Waals surface area contributed by atoms with Crippen molar-refractivity contribution in [2.75, 3.05) is 27.2 Å². The number of nitrogens with one attached hydrogen (secondary N) is 1. The van der Waals surface area contributed by atoms with Gasteiger partial charge in [0.1, 0.15) is 18.5 Å². The second-order valence-corrected chi connectivity index (χ2v) is 6.65. The Labute approximate surface area is 143 Å². The number of fused-ring (bicyclic) bond motifs is 1. The number of ether oxygens (including phenoxy) is 1. The highest BCUT2D eigenvalue weighted by Crippen LogP contribution is 2.25. The number of carbonyl (C=O) groups excluding carboxylic acids is 1. The Morgan fingerprint density at radius 2 is 1.88 bits per heavy atom. The first-order valence-electron chi connectivity index (χ1n) is 8.06. The highest BCUT2D eigenvalue weighted by atomic mass is 16.5. The molecule has 2 aromatic rings. The van der Waals surface area contributed by atoms with Crippen LogP contribution in [0.15, 0.2) is 42.5 Å². The van der Waals surface area contributed by atoms with Gasteiger partial charge in [0.2, 0.25) is 5.91 Å². The SMILES string of the molecule is CN(C)C(=O)C(C)(C)NCC(O)COc1cccc2ccccc12. The molecule has 24 heavy (non-hydrogen) atoms. The first-order chi connectivity index (χ1) is 11.3. The molecule has 0 saturated heterocycles. The molecule has 0 aliphatic rings. The minimum atomic E-state index is -0.732. The number of aliphatic hydroxyl groups excluding tert-OH is 1. The Bertz CT molecular complexity index is 693. The number of likely N-dealkylation sites (N-methyl/N-ethyl adjacent to an activating group) is 1. The van der Waals surface area contributed by atoms with E-state index in [1.54, 1.807) is 27.9 Å². The van der Waals surface area contributed by atoms with Gasteiger partial charge in [0, 0.05) is 26.0 Å². The molecule has 0 aliphatic heterocycles. The topological polar surface area (TPSA) is 61.8 Å². The molecule has 2 aromatic carbocycles. The van der Waals surface area contributed by atoms with Crippen molar-refractivity contribution in [3.8, 4) is 5.75 Å². The lowest BCUT2D eigenvalue weighted by molar-refractivity contribution is -0.134. The maximum atomic E-state index is 12.1. The zero-order valence-corrected chi connectivity index (χ0v) is 14.7. The van der Waals surface area contributed by atoms with Crippen LogP contribution >= 0.6 is 0 Å². The average molecular weight is 330 g/mol. The van der Waals surface area contributed by atoms with Crippen molar-refractivity contribution in [2.45, 2.75) is 25.5 Å². The van der Waals surface area contributed by atoms with Crippen LogP contribution in [0.1, 0.15) is 13.8 Å². The number of hydrogen-bond acceptors (Lipinski definition) is 4. The molecular formula is C19H26N2O3. The van der Waals surface area contributed by atoms with Crippen LogP contribution in [-0.4, -0.2) is 54.8 Å². The Hall–Kier alpha value is -2.11. The number of benzene rings is 2. The number of amides is 1. The molecule has 0 bridgehead atoms. The smallest absolute Gasteiger partial charge is 0.241 e. The number of aliphatic hydroxyl groups is 1. The Kier molecular flexibility index (Phi) is 5.80. The largest absolute Gasteiger partial charge is 0.490 e. The lowest BCUT2D eigenvalue weighted by Crippen LogP contribution is -2.54. The summed E-state index contributed by atoms with van der Waals surface area (Å²) in [5.74, 6) is 0.709. The lowest BCUT2D eigenvalue weighted by Gasteiger charge is -2.29. The van der Waals surface area contributed by atoms with Crippen LogP contribution < -0.4 is 10.1 Å². The van der Waals surface area contributed by atoms with Crippen molar-refractivity contribution in [3.05, 3.63) is 42.5 Å². The standard InChI is InChI=1S/C19H26N2O3/c1-19(2,18(23)21(3)4)20-12-15(22)13-24-17-11-7-9-14-8-5-6-10-16(14)17/h5-11,15,20,22H,12-13H2,1-4H3. The molecule has 0 saturated carbocycles. The van der Waals surface area contributed by atoms with Crippen LogP contribution in [0, 0.1) is 0 Å². The van der Waals surface area contributed by atoms with E-state index in [9.17, 15) is 9.90 Å². The molecule has 130 valence electrons. The Morgan fingerprint density at radius 1 is 1.21 bits per heavy atom. The van der Waals surface area contributed by atoms with Crippen molar-refractivity contribution in [1.82, 2.24) is 10.2 Å². The van der Waals surface area contributed by atoms with E-state index in [4.69, 9.17) is 4.74 Å². The van der Waals surface area contributed by atoms with Gasteiger partial charge in [-0.25, -0.2) is 0 Å². The third-order valence-electron chi connectivity index (χ3n) is 3.90. The van der Waals surface area contributed by atoms with Gasteiger partial charge >= 0.3 is 0 Å². The van der Waals surface area contributed by atoms with Crippen LogP contribution in [-0.2, 0) is 4.79 Å². The molecule has 0 aliphatic carbocycles. The summed E-state index contributed by atoms with van der Waals surface area (Å²) in [7, 11) is 3.43. The zero-order valence-electron chi connectivity index (χ0n) is 14.7. The normalized spacial score (nSPS) is 12.9. The molecule has 0 spiro atoms. The zero-order chi connectivity index (χ0) is 17.7. The van der Waals surface area contributed by atoms with Crippen molar-refractivity contribution in [1.29, 1.82) is 0 Å². The van der Waals surface area contributed by atoms with Gasteiger partial charge in [-0.15, -0.1) is 0 Å². The van der Waals surface area contributed by atoms with Crippen molar-refractivity contribution in [2.24, 2.45) is 0 Å². The van der Waals surface area contributed by atoms with E-state index in [2.05, 4.69) is 5.32 Å². The molecule has 0 fully saturated rings. The summed E-state index contributed by atoms with van der Waals surface area (Å²) in [6, 6.07) is 13.8. The molecule has 0 radical (unpaired) electrons. The fourth-order valence-corrected chi connectivity index (χ4v) is 2.57. The number of hydrogen-bond donors (Lipinski definition) is 2. The minimum Gasteiger partial charge on any atom is -0.490 e. The molecule has 0 aromatic heterocycles. The molecule has 1 unspecified atom stereocenters. The molecule has 5 nitrogen and oxygen atoms in total. The van der Waals surface area contributed by atoms with E-state index in [0.29, 0.717) is 0 Å². The summed E-state index contributed by atoms with van der Waals surface area (Å²) in [6.45, 7) is 4.03. The van der Waals surface area contributed by atoms with E-state index < -0.39 is 11.6 Å². The molecule has 1 atom stereocenters. The first-order valence-corrected chi connectivity index (χ1v) is 8.06. The highest BCUT2D eigenvalue weighted by molar-refractivity contribution is 5.88. The van der Waals surface area contributed by atoms with Crippen LogP contribution in [0.2, 0.25) is 0 Å². The van der Waals surface area contributed by atoms with Gasteiger partial charge in [0.25, 0.3) is 0 Å².